The van der Waals surface area contributed by atoms with Crippen LogP contribution >= 0.6 is 11.6 Å². The largest absolute Gasteiger partial charge is 0.383 e. The lowest BCUT2D eigenvalue weighted by atomic mass is 9.84. The van der Waals surface area contributed by atoms with Crippen molar-refractivity contribution in [2.45, 2.75) is 31.5 Å². The van der Waals surface area contributed by atoms with Crippen LogP contribution in [0.2, 0.25) is 5.02 Å². The minimum absolute atomic E-state index is 0.0182. The standard InChI is InChI=1S/C12H13ClN2O2/c13-6-3-9(12(14)15-5-6)11(16)8-4-7-1-2-10(8)17-7/h3,5,7-8,10H,1-2,4H2,(H2,14,15). The van der Waals surface area contributed by atoms with Crippen molar-refractivity contribution in [1.82, 2.24) is 4.98 Å². The van der Waals surface area contributed by atoms with Gasteiger partial charge in [0.2, 0.25) is 0 Å². The van der Waals surface area contributed by atoms with Crippen LogP contribution in [0.15, 0.2) is 12.3 Å². The Kier molecular flexibility index (Phi) is 2.56. The number of ether oxygens (including phenoxy) is 1. The first-order valence-corrected chi connectivity index (χ1v) is 6.13. The number of anilines is 1. The zero-order chi connectivity index (χ0) is 12.0. The van der Waals surface area contributed by atoms with Crippen molar-refractivity contribution in [3.05, 3.63) is 22.8 Å². The highest BCUT2D eigenvalue weighted by atomic mass is 35.5. The van der Waals surface area contributed by atoms with Crippen molar-refractivity contribution in [1.29, 1.82) is 0 Å². The molecule has 1 aromatic rings. The summed E-state index contributed by atoms with van der Waals surface area (Å²) >= 11 is 5.85. The number of hydrogen-bond acceptors (Lipinski definition) is 4. The lowest BCUT2D eigenvalue weighted by molar-refractivity contribution is 0.0744. The maximum atomic E-state index is 12.4. The van der Waals surface area contributed by atoms with E-state index in [9.17, 15) is 4.79 Å². The van der Waals surface area contributed by atoms with E-state index in [0.717, 1.165) is 19.3 Å². The van der Waals surface area contributed by atoms with Gasteiger partial charge in [0.15, 0.2) is 5.78 Å². The number of carbonyl (C=O) groups is 1. The summed E-state index contributed by atoms with van der Waals surface area (Å²) in [5, 5.41) is 0.437. The number of nitrogen functional groups attached to an aromatic ring is 1. The van der Waals surface area contributed by atoms with Gasteiger partial charge in [0.05, 0.1) is 28.7 Å². The molecule has 2 saturated heterocycles. The van der Waals surface area contributed by atoms with Crippen LogP contribution in [0.25, 0.3) is 0 Å². The van der Waals surface area contributed by atoms with Crippen LogP contribution < -0.4 is 5.73 Å². The van der Waals surface area contributed by atoms with Crippen molar-refractivity contribution in [3.8, 4) is 0 Å². The average Bonchev–Trinajstić information content (AvgIpc) is 2.93. The summed E-state index contributed by atoms with van der Waals surface area (Å²) in [6.45, 7) is 0. The molecule has 3 atom stereocenters. The molecule has 1 aromatic heterocycles. The van der Waals surface area contributed by atoms with Gasteiger partial charge in [-0.1, -0.05) is 11.6 Å². The van der Waals surface area contributed by atoms with Gasteiger partial charge in [0, 0.05) is 6.20 Å². The van der Waals surface area contributed by atoms with Gasteiger partial charge in [-0.25, -0.2) is 4.98 Å². The van der Waals surface area contributed by atoms with Crippen LogP contribution in [0.3, 0.4) is 0 Å². The summed E-state index contributed by atoms with van der Waals surface area (Å²) in [5.41, 5.74) is 6.15. The molecule has 2 fully saturated rings. The molecule has 3 heterocycles. The molecule has 2 bridgehead atoms. The highest BCUT2D eigenvalue weighted by Gasteiger charge is 2.44. The molecular formula is C12H13ClN2O2. The van der Waals surface area contributed by atoms with Crippen LogP contribution in [0.4, 0.5) is 5.82 Å². The molecule has 2 N–H and O–H groups in total. The zero-order valence-corrected chi connectivity index (χ0v) is 9.98. The quantitative estimate of drug-likeness (QED) is 0.819. The van der Waals surface area contributed by atoms with Gasteiger partial charge < -0.3 is 10.5 Å². The van der Waals surface area contributed by atoms with E-state index >= 15 is 0 Å². The Morgan fingerprint density at radius 1 is 1.53 bits per heavy atom. The Morgan fingerprint density at radius 3 is 3.00 bits per heavy atom. The number of pyridine rings is 1. The summed E-state index contributed by atoms with van der Waals surface area (Å²) in [6, 6.07) is 1.60. The Balaban J connectivity index is 1.89. The number of hydrogen-bond donors (Lipinski definition) is 1. The number of nitrogens with two attached hydrogens (primary N) is 1. The van der Waals surface area contributed by atoms with E-state index in [4.69, 9.17) is 22.1 Å². The molecule has 0 amide bonds. The predicted octanol–water partition coefficient (Wildman–Crippen LogP) is 2.07. The zero-order valence-electron chi connectivity index (χ0n) is 9.23. The SMILES string of the molecule is Nc1ncc(Cl)cc1C(=O)C1CC2CCC1O2. The molecular weight excluding hydrogens is 240 g/mol. The topological polar surface area (TPSA) is 65.2 Å². The van der Waals surface area contributed by atoms with Crippen LogP contribution in [0.1, 0.15) is 29.6 Å². The molecule has 0 aromatic carbocycles. The van der Waals surface area contributed by atoms with E-state index in [0.29, 0.717) is 10.6 Å². The number of rotatable bonds is 2. The summed E-state index contributed by atoms with van der Waals surface area (Å²) in [7, 11) is 0. The second-order valence-corrected chi connectivity index (χ2v) is 5.10. The summed E-state index contributed by atoms with van der Waals surface area (Å²) in [4.78, 5) is 16.3. The second-order valence-electron chi connectivity index (χ2n) is 4.67. The number of nitrogens with zero attached hydrogens (tertiary/aromatic N) is 1. The Bertz CT molecular complexity index is 478. The first kappa shape index (κ1) is 11.0. The third kappa shape index (κ3) is 1.81. The molecule has 3 rings (SSSR count). The van der Waals surface area contributed by atoms with E-state index < -0.39 is 0 Å². The number of aromatic nitrogens is 1. The van der Waals surface area contributed by atoms with E-state index in [-0.39, 0.29) is 29.7 Å². The fourth-order valence-corrected chi connectivity index (χ4v) is 2.92. The average molecular weight is 253 g/mol. The molecule has 2 aliphatic rings. The highest BCUT2D eigenvalue weighted by molar-refractivity contribution is 6.31. The molecule has 5 heteroatoms. The normalized spacial score (nSPS) is 30.8. The van der Waals surface area contributed by atoms with Gasteiger partial charge in [0.25, 0.3) is 0 Å². The third-order valence-electron chi connectivity index (χ3n) is 3.59. The second kappa shape index (κ2) is 3.96. The lowest BCUT2D eigenvalue weighted by Crippen LogP contribution is -2.26. The maximum absolute atomic E-state index is 12.4. The first-order valence-electron chi connectivity index (χ1n) is 5.76. The molecule has 0 aliphatic carbocycles. The van der Waals surface area contributed by atoms with E-state index in [2.05, 4.69) is 4.98 Å². The number of ketones is 1. The number of carbonyl (C=O) groups excluding carboxylic acids is 1. The van der Waals surface area contributed by atoms with Crippen molar-refractivity contribution >= 4 is 23.2 Å². The van der Waals surface area contributed by atoms with Crippen molar-refractivity contribution in [3.63, 3.8) is 0 Å². The van der Waals surface area contributed by atoms with E-state index in [1.54, 1.807) is 6.07 Å². The van der Waals surface area contributed by atoms with Gasteiger partial charge in [-0.2, -0.15) is 0 Å². The molecule has 0 saturated carbocycles. The van der Waals surface area contributed by atoms with Crippen LogP contribution in [-0.4, -0.2) is 23.0 Å². The third-order valence-corrected chi connectivity index (χ3v) is 3.80. The summed E-state index contributed by atoms with van der Waals surface area (Å²) < 4.78 is 5.68. The molecule has 0 radical (unpaired) electrons. The highest BCUT2D eigenvalue weighted by Crippen LogP contribution is 2.40. The summed E-state index contributed by atoms with van der Waals surface area (Å²) in [5.74, 6) is 0.197. The van der Waals surface area contributed by atoms with Gasteiger partial charge >= 0.3 is 0 Å². The fourth-order valence-electron chi connectivity index (χ4n) is 2.76. The predicted molar refractivity (Wildman–Crippen MR) is 64.0 cm³/mol. The van der Waals surface area contributed by atoms with E-state index in [1.165, 1.54) is 6.20 Å². The number of Topliss-reactive ketones (excluding diaryl/α,β-unsaturated/α-hetero) is 1. The molecule has 4 nitrogen and oxygen atoms in total. The van der Waals surface area contributed by atoms with Gasteiger partial charge in [0.1, 0.15) is 5.82 Å². The number of halogens is 1. The smallest absolute Gasteiger partial charge is 0.172 e. The van der Waals surface area contributed by atoms with Gasteiger partial charge in [-0.15, -0.1) is 0 Å². The lowest BCUT2D eigenvalue weighted by Gasteiger charge is -2.17. The van der Waals surface area contributed by atoms with Gasteiger partial charge in [-0.05, 0) is 25.3 Å². The molecule has 17 heavy (non-hydrogen) atoms. The molecule has 2 aliphatic heterocycles. The van der Waals surface area contributed by atoms with Gasteiger partial charge in [-0.3, -0.25) is 4.79 Å². The maximum Gasteiger partial charge on any atom is 0.172 e. The molecule has 90 valence electrons. The van der Waals surface area contributed by atoms with Crippen molar-refractivity contribution < 1.29 is 9.53 Å². The fraction of sp³-hybridized carbons (Fsp3) is 0.500. The minimum Gasteiger partial charge on any atom is -0.383 e. The van der Waals surface area contributed by atoms with Crippen LogP contribution in [-0.2, 0) is 4.74 Å². The van der Waals surface area contributed by atoms with Crippen LogP contribution in [0.5, 0.6) is 0 Å². The first-order chi connectivity index (χ1) is 8.15. The Labute approximate surface area is 104 Å². The molecule has 3 unspecified atom stereocenters. The van der Waals surface area contributed by atoms with Crippen molar-refractivity contribution in [2.75, 3.05) is 5.73 Å². The van der Waals surface area contributed by atoms with Crippen LogP contribution in [0, 0.1) is 5.92 Å². The Hall–Kier alpha value is -1.13. The Morgan fingerprint density at radius 2 is 2.35 bits per heavy atom. The monoisotopic (exact) mass is 252 g/mol. The number of fused-ring (bicyclic) bond motifs is 2. The summed E-state index contributed by atoms with van der Waals surface area (Å²) in [6.07, 6.45) is 4.60. The molecule has 0 spiro atoms. The van der Waals surface area contributed by atoms with Crippen molar-refractivity contribution in [2.24, 2.45) is 5.92 Å². The van der Waals surface area contributed by atoms with E-state index in [1.807, 2.05) is 0 Å². The minimum atomic E-state index is -0.0729.